The van der Waals surface area contributed by atoms with E-state index in [0.29, 0.717) is 0 Å². The number of rotatable bonds is 2. The summed E-state index contributed by atoms with van der Waals surface area (Å²) in [4.78, 5) is 20.2. The number of aromatic nitrogens is 2. The average Bonchev–Trinajstić information content (AvgIpc) is 2.67. The van der Waals surface area contributed by atoms with Gasteiger partial charge in [-0.25, -0.2) is 8.94 Å². The SMILES string of the molecule is Cc1cc(C)c2c(=O)n(CN3CCCCC3)sc2n1. The fraction of sp³-hybridized carbons (Fsp3) is 0.571. The number of piperidine rings is 1. The van der Waals surface area contributed by atoms with Gasteiger partial charge in [0, 0.05) is 5.69 Å². The molecule has 0 saturated carbocycles. The molecule has 2 aromatic heterocycles. The lowest BCUT2D eigenvalue weighted by atomic mass is 10.1. The van der Waals surface area contributed by atoms with E-state index in [-0.39, 0.29) is 5.56 Å². The van der Waals surface area contributed by atoms with Crippen LogP contribution in [0.15, 0.2) is 10.9 Å². The van der Waals surface area contributed by atoms with Crippen LogP contribution in [0.4, 0.5) is 0 Å². The molecule has 0 bridgehead atoms. The van der Waals surface area contributed by atoms with Gasteiger partial charge in [-0.05, 0) is 62.9 Å². The number of nitrogens with zero attached hydrogens (tertiary/aromatic N) is 3. The first-order chi connectivity index (χ1) is 9.15. The zero-order valence-electron chi connectivity index (χ0n) is 11.5. The third-order valence-corrected chi connectivity index (χ3v) is 4.70. The quantitative estimate of drug-likeness (QED) is 0.846. The number of fused-ring (bicyclic) bond motifs is 1. The molecular weight excluding hydrogens is 258 g/mol. The molecular formula is C14H19N3OS. The molecule has 1 aliphatic rings. The van der Waals surface area contributed by atoms with Crippen molar-refractivity contribution in [2.24, 2.45) is 0 Å². The summed E-state index contributed by atoms with van der Waals surface area (Å²) in [6.45, 7) is 6.90. The van der Waals surface area contributed by atoms with Crippen LogP contribution >= 0.6 is 11.5 Å². The third-order valence-electron chi connectivity index (χ3n) is 3.73. The maximum absolute atomic E-state index is 12.4. The van der Waals surface area contributed by atoms with Gasteiger partial charge in [0.1, 0.15) is 4.83 Å². The Morgan fingerprint density at radius 2 is 2.00 bits per heavy atom. The normalized spacial score (nSPS) is 17.2. The summed E-state index contributed by atoms with van der Waals surface area (Å²) >= 11 is 1.50. The lowest BCUT2D eigenvalue weighted by molar-refractivity contribution is 0.187. The Labute approximate surface area is 116 Å². The summed E-state index contributed by atoms with van der Waals surface area (Å²) in [5.74, 6) is 0. The molecule has 0 N–H and O–H groups in total. The van der Waals surface area contributed by atoms with Crippen molar-refractivity contribution in [3.8, 4) is 0 Å². The molecule has 0 amide bonds. The molecule has 0 atom stereocenters. The van der Waals surface area contributed by atoms with Gasteiger partial charge in [0.25, 0.3) is 5.56 Å². The molecule has 19 heavy (non-hydrogen) atoms. The summed E-state index contributed by atoms with van der Waals surface area (Å²) in [7, 11) is 0. The van der Waals surface area contributed by atoms with Crippen LogP contribution in [0.5, 0.6) is 0 Å². The molecule has 1 saturated heterocycles. The molecule has 0 spiro atoms. The van der Waals surface area contributed by atoms with Gasteiger partial charge in [-0.1, -0.05) is 6.42 Å². The molecule has 4 nitrogen and oxygen atoms in total. The van der Waals surface area contributed by atoms with Crippen molar-refractivity contribution in [1.82, 2.24) is 13.8 Å². The van der Waals surface area contributed by atoms with E-state index in [1.807, 2.05) is 23.9 Å². The minimum Gasteiger partial charge on any atom is -0.285 e. The molecule has 0 unspecified atom stereocenters. The molecule has 1 aliphatic heterocycles. The topological polar surface area (TPSA) is 38.1 Å². The molecule has 5 heteroatoms. The highest BCUT2D eigenvalue weighted by atomic mass is 32.1. The smallest absolute Gasteiger partial charge is 0.271 e. The molecule has 3 rings (SSSR count). The second-order valence-corrected chi connectivity index (χ2v) is 6.37. The molecule has 3 heterocycles. The van der Waals surface area contributed by atoms with Gasteiger partial charge in [0.2, 0.25) is 0 Å². The van der Waals surface area contributed by atoms with Crippen LogP contribution < -0.4 is 5.56 Å². The Bertz CT molecular complexity index is 652. The predicted octanol–water partition coefficient (Wildman–Crippen LogP) is 2.52. The minimum absolute atomic E-state index is 0.121. The summed E-state index contributed by atoms with van der Waals surface area (Å²) in [5.41, 5.74) is 2.15. The largest absolute Gasteiger partial charge is 0.285 e. The lowest BCUT2D eigenvalue weighted by Gasteiger charge is -2.25. The van der Waals surface area contributed by atoms with E-state index in [4.69, 9.17) is 0 Å². The zero-order chi connectivity index (χ0) is 13.4. The minimum atomic E-state index is 0.121. The highest BCUT2D eigenvalue weighted by molar-refractivity contribution is 7.13. The van der Waals surface area contributed by atoms with Crippen LogP contribution in [0.2, 0.25) is 0 Å². The van der Waals surface area contributed by atoms with Gasteiger partial charge in [-0.3, -0.25) is 9.69 Å². The highest BCUT2D eigenvalue weighted by Crippen LogP contribution is 2.20. The molecule has 0 aliphatic carbocycles. The summed E-state index contributed by atoms with van der Waals surface area (Å²) < 4.78 is 1.86. The van der Waals surface area contributed by atoms with Crippen LogP contribution in [-0.4, -0.2) is 26.9 Å². The van der Waals surface area contributed by atoms with Gasteiger partial charge in [-0.15, -0.1) is 0 Å². The summed E-state index contributed by atoms with van der Waals surface area (Å²) in [6, 6.07) is 1.99. The lowest BCUT2D eigenvalue weighted by Crippen LogP contribution is -2.33. The van der Waals surface area contributed by atoms with E-state index >= 15 is 0 Å². The van der Waals surface area contributed by atoms with E-state index in [2.05, 4.69) is 9.88 Å². The Balaban J connectivity index is 1.98. The van der Waals surface area contributed by atoms with Crippen LogP contribution in [0.25, 0.3) is 10.2 Å². The fourth-order valence-corrected chi connectivity index (χ4v) is 3.90. The van der Waals surface area contributed by atoms with Gasteiger partial charge in [0.15, 0.2) is 0 Å². The Hall–Kier alpha value is -1.20. The Morgan fingerprint density at radius 1 is 1.26 bits per heavy atom. The van der Waals surface area contributed by atoms with Crippen molar-refractivity contribution >= 4 is 21.7 Å². The number of likely N-dealkylation sites (tertiary alicyclic amines) is 1. The van der Waals surface area contributed by atoms with E-state index in [9.17, 15) is 4.79 Å². The van der Waals surface area contributed by atoms with Crippen molar-refractivity contribution in [2.75, 3.05) is 13.1 Å². The van der Waals surface area contributed by atoms with Crippen molar-refractivity contribution < 1.29 is 0 Å². The summed E-state index contributed by atoms with van der Waals surface area (Å²) in [5, 5.41) is 0.799. The van der Waals surface area contributed by atoms with E-state index in [1.54, 1.807) is 0 Å². The van der Waals surface area contributed by atoms with Gasteiger partial charge in [-0.2, -0.15) is 0 Å². The van der Waals surface area contributed by atoms with Gasteiger partial charge in [0.05, 0.1) is 12.1 Å². The van der Waals surface area contributed by atoms with Gasteiger partial charge >= 0.3 is 0 Å². The number of hydrogen-bond donors (Lipinski definition) is 0. The second-order valence-electron chi connectivity index (χ2n) is 5.36. The van der Waals surface area contributed by atoms with Crippen LogP contribution in [0.3, 0.4) is 0 Å². The molecule has 1 fully saturated rings. The highest BCUT2D eigenvalue weighted by Gasteiger charge is 2.15. The monoisotopic (exact) mass is 277 g/mol. The molecule has 102 valence electrons. The van der Waals surface area contributed by atoms with Crippen molar-refractivity contribution in [3.63, 3.8) is 0 Å². The second kappa shape index (κ2) is 5.06. The fourth-order valence-electron chi connectivity index (χ4n) is 2.77. The standard InChI is InChI=1S/C14H19N3OS/c1-10-8-11(2)15-13-12(10)14(18)17(19-13)9-16-6-4-3-5-7-16/h8H,3-7,9H2,1-2H3. The van der Waals surface area contributed by atoms with Gasteiger partial charge < -0.3 is 0 Å². The molecule has 0 aromatic carbocycles. The van der Waals surface area contributed by atoms with Crippen LogP contribution in [0.1, 0.15) is 30.5 Å². The van der Waals surface area contributed by atoms with Crippen molar-refractivity contribution in [2.45, 2.75) is 39.8 Å². The summed E-state index contributed by atoms with van der Waals surface area (Å²) in [6.07, 6.45) is 3.81. The third kappa shape index (κ3) is 2.44. The van der Waals surface area contributed by atoms with E-state index < -0.39 is 0 Å². The van der Waals surface area contributed by atoms with Crippen LogP contribution in [-0.2, 0) is 6.67 Å². The maximum atomic E-state index is 12.4. The van der Waals surface area contributed by atoms with Crippen LogP contribution in [0, 0.1) is 13.8 Å². The van der Waals surface area contributed by atoms with E-state index in [1.165, 1.54) is 30.8 Å². The predicted molar refractivity (Wildman–Crippen MR) is 78.8 cm³/mol. The van der Waals surface area contributed by atoms with Crippen molar-refractivity contribution in [3.05, 3.63) is 27.7 Å². The zero-order valence-corrected chi connectivity index (χ0v) is 12.3. The van der Waals surface area contributed by atoms with Crippen molar-refractivity contribution in [1.29, 1.82) is 0 Å². The Kier molecular flexibility index (Phi) is 3.41. The number of hydrogen-bond acceptors (Lipinski definition) is 4. The number of pyridine rings is 1. The molecule has 0 radical (unpaired) electrons. The first-order valence-electron chi connectivity index (χ1n) is 6.85. The molecule has 2 aromatic rings. The first-order valence-corrected chi connectivity index (χ1v) is 7.63. The van der Waals surface area contributed by atoms with E-state index in [0.717, 1.165) is 41.2 Å². The first kappa shape index (κ1) is 12.8. The average molecular weight is 277 g/mol. The number of aryl methyl sites for hydroxylation is 2. The Morgan fingerprint density at radius 3 is 2.74 bits per heavy atom. The maximum Gasteiger partial charge on any atom is 0.271 e.